The zero-order valence-electron chi connectivity index (χ0n) is 28.8. The summed E-state index contributed by atoms with van der Waals surface area (Å²) < 4.78 is 38.4. The summed E-state index contributed by atoms with van der Waals surface area (Å²) in [4.78, 5) is 27.3. The standard InChI is InChI=1S/C36H34F2N8O3.C2H6/c1-43-31-10-4-13-44(14-5-15-47)36(48)32-18-25(49-24-7-2-6-22(16-24)26-8-3-9-29(42-43)33(26)31)20-45(32)34-27-19-41-46(35(27)40-21-39-34)30-12-11-23(37)17-28(30)38;1-2/h2-3,6-9,11-12,16-17,19,21,25,32,47H,4-5,10,13-15,18,20H2,1H3;1-2H3/t25?,32-;/m0./s1. The van der Waals surface area contributed by atoms with Crippen LogP contribution in [0.25, 0.3) is 38.8 Å². The second-order valence-corrected chi connectivity index (χ2v) is 12.5. The highest BCUT2D eigenvalue weighted by Gasteiger charge is 2.42. The summed E-state index contributed by atoms with van der Waals surface area (Å²) in [6, 6.07) is 16.8. The summed E-state index contributed by atoms with van der Waals surface area (Å²) in [7, 11) is 1.95. The topological polar surface area (TPSA) is 114 Å². The first-order chi connectivity index (χ1) is 24.9. The number of benzene rings is 3. The molecule has 2 aliphatic heterocycles. The van der Waals surface area contributed by atoms with E-state index in [4.69, 9.17) is 9.84 Å². The minimum absolute atomic E-state index is 0.0408. The molecule has 13 heteroatoms. The molecule has 6 aromatic rings. The van der Waals surface area contributed by atoms with E-state index in [1.165, 1.54) is 23.3 Å². The summed E-state index contributed by atoms with van der Waals surface area (Å²) in [5, 5.41) is 20.5. The van der Waals surface area contributed by atoms with Gasteiger partial charge in [0.25, 0.3) is 0 Å². The van der Waals surface area contributed by atoms with E-state index < -0.39 is 17.7 Å². The van der Waals surface area contributed by atoms with Crippen LogP contribution < -0.4 is 9.64 Å². The first kappa shape index (κ1) is 34.0. The Balaban J connectivity index is 0.00000200. The third-order valence-corrected chi connectivity index (χ3v) is 9.47. The third kappa shape index (κ3) is 6.37. The van der Waals surface area contributed by atoms with E-state index in [1.54, 1.807) is 0 Å². The van der Waals surface area contributed by atoms with E-state index in [-0.39, 0.29) is 24.3 Å². The van der Waals surface area contributed by atoms with Crippen LogP contribution in [-0.4, -0.2) is 83.8 Å². The van der Waals surface area contributed by atoms with Crippen LogP contribution >= 0.6 is 0 Å². The molecule has 0 radical (unpaired) electrons. The minimum atomic E-state index is -0.780. The van der Waals surface area contributed by atoms with Gasteiger partial charge in [-0.15, -0.1) is 0 Å². The molecule has 2 aliphatic rings. The molecule has 1 N–H and O–H groups in total. The van der Waals surface area contributed by atoms with Gasteiger partial charge in [-0.25, -0.2) is 23.4 Å². The van der Waals surface area contributed by atoms with Crippen LogP contribution in [0, 0.1) is 11.6 Å². The molecule has 264 valence electrons. The van der Waals surface area contributed by atoms with Crippen LogP contribution in [0.1, 0.15) is 38.8 Å². The van der Waals surface area contributed by atoms with Crippen molar-refractivity contribution >= 4 is 33.7 Å². The fourth-order valence-electron chi connectivity index (χ4n) is 7.25. The van der Waals surface area contributed by atoms with E-state index in [9.17, 15) is 18.7 Å². The Morgan fingerprint density at radius 3 is 2.71 bits per heavy atom. The van der Waals surface area contributed by atoms with Crippen molar-refractivity contribution in [1.82, 2.24) is 34.4 Å². The molecule has 2 atom stereocenters. The molecule has 0 spiro atoms. The molecule has 0 saturated carbocycles. The molecule has 5 heterocycles. The summed E-state index contributed by atoms with van der Waals surface area (Å²) in [5.74, 6) is -0.430. The van der Waals surface area contributed by atoms with Gasteiger partial charge >= 0.3 is 0 Å². The van der Waals surface area contributed by atoms with Crippen molar-refractivity contribution in [3.8, 4) is 22.6 Å². The number of ether oxygens (including phenoxy) is 1. The number of carbonyl (C=O) groups is 1. The van der Waals surface area contributed by atoms with Crippen molar-refractivity contribution < 1.29 is 23.4 Å². The van der Waals surface area contributed by atoms with Crippen LogP contribution in [0.15, 0.2) is 73.2 Å². The quantitative estimate of drug-likeness (QED) is 0.239. The third-order valence-electron chi connectivity index (χ3n) is 9.47. The Bertz CT molecular complexity index is 2200. The molecule has 3 aromatic carbocycles. The number of halogens is 2. The normalized spacial score (nSPS) is 17.6. The fraction of sp³-hybridized carbons (Fsp3) is 0.342. The number of hydrogen-bond acceptors (Lipinski definition) is 8. The summed E-state index contributed by atoms with van der Waals surface area (Å²) in [6.07, 6.45) is 4.76. The fourth-order valence-corrected chi connectivity index (χ4v) is 7.25. The Kier molecular flexibility index (Phi) is 9.63. The van der Waals surface area contributed by atoms with Gasteiger partial charge in [-0.3, -0.25) is 9.48 Å². The van der Waals surface area contributed by atoms with E-state index in [0.717, 1.165) is 39.9 Å². The second kappa shape index (κ2) is 14.4. The molecule has 1 amide bonds. The maximum absolute atomic E-state index is 14.8. The number of hydrogen-bond donors (Lipinski definition) is 1. The average Bonchev–Trinajstić information content (AvgIpc) is 3.85. The lowest BCUT2D eigenvalue weighted by Gasteiger charge is -2.31. The maximum atomic E-state index is 14.8. The molecule has 4 bridgehead atoms. The second-order valence-electron chi connectivity index (χ2n) is 12.5. The Morgan fingerprint density at radius 1 is 1.04 bits per heavy atom. The summed E-state index contributed by atoms with van der Waals surface area (Å²) in [6.45, 7) is 5.18. The lowest BCUT2D eigenvalue weighted by atomic mass is 9.98. The van der Waals surface area contributed by atoms with Crippen molar-refractivity contribution in [1.29, 1.82) is 0 Å². The van der Waals surface area contributed by atoms with Gasteiger partial charge in [-0.2, -0.15) is 10.2 Å². The number of aliphatic hydroxyl groups excluding tert-OH is 1. The highest BCUT2D eigenvalue weighted by Crippen LogP contribution is 2.36. The van der Waals surface area contributed by atoms with Crippen molar-refractivity contribution in [2.24, 2.45) is 7.05 Å². The summed E-state index contributed by atoms with van der Waals surface area (Å²) in [5.41, 5.74) is 4.44. The Morgan fingerprint density at radius 2 is 1.88 bits per heavy atom. The van der Waals surface area contributed by atoms with Gasteiger partial charge in [0, 0.05) is 50.3 Å². The van der Waals surface area contributed by atoms with Gasteiger partial charge in [0.1, 0.15) is 41.5 Å². The molecule has 0 aliphatic carbocycles. The lowest BCUT2D eigenvalue weighted by Crippen LogP contribution is -2.47. The number of carbonyl (C=O) groups excluding carboxylic acids is 1. The summed E-state index contributed by atoms with van der Waals surface area (Å²) >= 11 is 0. The lowest BCUT2D eigenvalue weighted by molar-refractivity contribution is -0.132. The number of anilines is 1. The predicted molar refractivity (Wildman–Crippen MR) is 191 cm³/mol. The molecule has 1 fully saturated rings. The first-order valence-electron chi connectivity index (χ1n) is 17.4. The van der Waals surface area contributed by atoms with Crippen LogP contribution in [0.5, 0.6) is 5.75 Å². The van der Waals surface area contributed by atoms with Crippen LogP contribution in [0.3, 0.4) is 0 Å². The Hall–Kier alpha value is -5.43. The van der Waals surface area contributed by atoms with Gasteiger partial charge in [0.05, 0.1) is 23.6 Å². The van der Waals surface area contributed by atoms with Gasteiger partial charge in [0.2, 0.25) is 5.91 Å². The van der Waals surface area contributed by atoms with Gasteiger partial charge < -0.3 is 19.6 Å². The van der Waals surface area contributed by atoms with Crippen molar-refractivity contribution in [2.75, 3.05) is 31.1 Å². The molecular weight excluding hydrogens is 654 g/mol. The monoisotopic (exact) mass is 694 g/mol. The number of rotatable bonds is 5. The molecule has 11 nitrogen and oxygen atoms in total. The van der Waals surface area contributed by atoms with Crippen molar-refractivity contribution in [3.05, 3.63) is 90.5 Å². The van der Waals surface area contributed by atoms with Gasteiger partial charge in [-0.1, -0.05) is 38.1 Å². The maximum Gasteiger partial charge on any atom is 0.245 e. The van der Waals surface area contributed by atoms with Gasteiger partial charge in [0.15, 0.2) is 11.5 Å². The molecule has 51 heavy (non-hydrogen) atoms. The number of nitrogens with zero attached hydrogens (tertiary/aromatic N) is 8. The molecular formula is C38H40F2N8O3. The van der Waals surface area contributed by atoms with E-state index >= 15 is 0 Å². The molecule has 3 aromatic heterocycles. The van der Waals surface area contributed by atoms with Crippen LogP contribution in [0.2, 0.25) is 0 Å². The van der Waals surface area contributed by atoms with Crippen LogP contribution in [-0.2, 0) is 18.3 Å². The number of aromatic nitrogens is 6. The number of fused-ring (bicyclic) bond motifs is 6. The minimum Gasteiger partial charge on any atom is -0.488 e. The zero-order valence-corrected chi connectivity index (χ0v) is 28.8. The van der Waals surface area contributed by atoms with Crippen molar-refractivity contribution in [2.45, 2.75) is 51.7 Å². The molecule has 8 rings (SSSR count). The van der Waals surface area contributed by atoms with Crippen molar-refractivity contribution in [3.63, 3.8) is 0 Å². The van der Waals surface area contributed by atoms with Crippen LogP contribution in [0.4, 0.5) is 14.6 Å². The SMILES string of the molecule is CC.Cn1nc2cccc3c2c1CCCN(CCCO)C(=O)[C@@H]1CC(CN1c1ncnc2c1cnn2-c1ccc(F)cc1F)Oc1cccc-3c1. The first-order valence-corrected chi connectivity index (χ1v) is 17.4. The number of aryl methyl sites for hydroxylation is 2. The average molecular weight is 695 g/mol. The number of aliphatic hydroxyl groups is 1. The predicted octanol–water partition coefficient (Wildman–Crippen LogP) is 5.86. The molecule has 1 saturated heterocycles. The number of amides is 1. The van der Waals surface area contributed by atoms with E-state index in [0.29, 0.717) is 67.9 Å². The highest BCUT2D eigenvalue weighted by molar-refractivity contribution is 5.97. The van der Waals surface area contributed by atoms with E-state index in [1.807, 2.05) is 65.7 Å². The Labute approximate surface area is 294 Å². The highest BCUT2D eigenvalue weighted by atomic mass is 19.1. The molecule has 1 unspecified atom stereocenters. The van der Waals surface area contributed by atoms with E-state index in [2.05, 4.69) is 27.2 Å². The largest absolute Gasteiger partial charge is 0.488 e. The zero-order chi connectivity index (χ0) is 35.6. The van der Waals surface area contributed by atoms with Gasteiger partial charge in [-0.05, 0) is 60.7 Å². The smallest absolute Gasteiger partial charge is 0.245 e.